The van der Waals surface area contributed by atoms with Crippen LogP contribution in [0.15, 0.2) is 16.8 Å². The van der Waals surface area contributed by atoms with E-state index in [1.807, 2.05) is 0 Å². The van der Waals surface area contributed by atoms with Crippen molar-refractivity contribution in [3.63, 3.8) is 0 Å². The molecule has 6 nitrogen and oxygen atoms in total. The zero-order valence-corrected chi connectivity index (χ0v) is 25.1. The van der Waals surface area contributed by atoms with Gasteiger partial charge in [0.05, 0.1) is 18.3 Å². The Bertz CT molecular complexity index is 744. The molecule has 0 amide bonds. The molecule has 2 aliphatic heterocycles. The Labute approximate surface area is 216 Å². The molecule has 6 atom stereocenters. The van der Waals surface area contributed by atoms with Gasteiger partial charge in [-0.05, 0) is 99.9 Å². The molecule has 2 saturated heterocycles. The van der Waals surface area contributed by atoms with Crippen LogP contribution in [0.5, 0.6) is 0 Å². The summed E-state index contributed by atoms with van der Waals surface area (Å²) in [5.74, 6) is 0.626. The molecule has 4 unspecified atom stereocenters. The highest BCUT2D eigenvalue weighted by atomic mass is 28.4. The first kappa shape index (κ1) is 30.4. The molecular formula is C28H53N3O3Si. The number of hydrogen-bond donors (Lipinski definition) is 0. The topological polar surface area (TPSA) is 76.5 Å². The minimum atomic E-state index is -1.77. The second kappa shape index (κ2) is 13.1. The minimum absolute atomic E-state index is 0.168. The van der Waals surface area contributed by atoms with Crippen molar-refractivity contribution >= 4 is 8.32 Å². The van der Waals surface area contributed by atoms with E-state index in [-0.39, 0.29) is 23.4 Å². The lowest BCUT2D eigenvalue weighted by molar-refractivity contribution is -0.324. The van der Waals surface area contributed by atoms with E-state index >= 15 is 0 Å². The summed E-state index contributed by atoms with van der Waals surface area (Å²) in [6.45, 7) is 21.1. The Morgan fingerprint density at radius 1 is 1.20 bits per heavy atom. The summed E-state index contributed by atoms with van der Waals surface area (Å²) in [7, 11) is -1.77. The van der Waals surface area contributed by atoms with Gasteiger partial charge >= 0.3 is 0 Å². The summed E-state index contributed by atoms with van der Waals surface area (Å²) in [4.78, 5) is 2.87. The summed E-state index contributed by atoms with van der Waals surface area (Å²) in [6, 6.07) is 0. The van der Waals surface area contributed by atoms with E-state index in [4.69, 9.17) is 19.4 Å². The van der Waals surface area contributed by atoms with Crippen molar-refractivity contribution in [1.29, 1.82) is 0 Å². The number of ether oxygens (including phenoxy) is 2. The van der Waals surface area contributed by atoms with Gasteiger partial charge in [0, 0.05) is 24.3 Å². The number of allylic oxidation sites excluding steroid dienone is 1. The lowest BCUT2D eigenvalue weighted by Crippen LogP contribution is -2.50. The molecule has 0 radical (unpaired) electrons. The third kappa shape index (κ3) is 9.19. The Morgan fingerprint density at radius 2 is 1.91 bits per heavy atom. The average Bonchev–Trinajstić information content (AvgIpc) is 2.77. The molecule has 202 valence electrons. The maximum Gasteiger partial charge on any atom is 0.192 e. The Kier molecular flexibility index (Phi) is 11.4. The first-order chi connectivity index (χ1) is 16.3. The second-order valence-electron chi connectivity index (χ2n) is 12.8. The minimum Gasteiger partial charge on any atom is -0.411 e. The molecule has 7 heteroatoms. The fourth-order valence-electron chi connectivity index (χ4n) is 5.16. The van der Waals surface area contributed by atoms with Crippen LogP contribution in [0.3, 0.4) is 0 Å². The van der Waals surface area contributed by atoms with Crippen molar-refractivity contribution in [3.05, 3.63) is 22.1 Å². The van der Waals surface area contributed by atoms with Crippen molar-refractivity contribution in [1.82, 2.24) is 0 Å². The predicted octanol–water partition coefficient (Wildman–Crippen LogP) is 8.93. The van der Waals surface area contributed by atoms with Gasteiger partial charge in [-0.3, -0.25) is 0 Å². The third-order valence-electron chi connectivity index (χ3n) is 8.67. The Hall–Kier alpha value is -0.853. The first-order valence-electron chi connectivity index (χ1n) is 14.0. The van der Waals surface area contributed by atoms with Gasteiger partial charge in [-0.1, -0.05) is 45.8 Å². The van der Waals surface area contributed by atoms with E-state index in [1.165, 1.54) is 12.0 Å². The third-order valence-corrected chi connectivity index (χ3v) is 13.2. The van der Waals surface area contributed by atoms with Crippen molar-refractivity contribution in [2.45, 2.75) is 148 Å². The van der Waals surface area contributed by atoms with Gasteiger partial charge in [-0.25, -0.2) is 0 Å². The molecule has 2 heterocycles. The van der Waals surface area contributed by atoms with Gasteiger partial charge in [0.2, 0.25) is 0 Å². The monoisotopic (exact) mass is 507 g/mol. The highest BCUT2D eigenvalue weighted by molar-refractivity contribution is 6.74. The van der Waals surface area contributed by atoms with Gasteiger partial charge in [-0.15, -0.1) is 0 Å². The number of azide groups is 1. The van der Waals surface area contributed by atoms with Crippen LogP contribution in [-0.2, 0) is 13.9 Å². The van der Waals surface area contributed by atoms with Crippen molar-refractivity contribution in [3.8, 4) is 0 Å². The fraction of sp³-hybridized carbons (Fsp3) is 0.929. The number of hydrogen-bond acceptors (Lipinski definition) is 4. The van der Waals surface area contributed by atoms with Crippen LogP contribution in [0, 0.1) is 11.8 Å². The van der Waals surface area contributed by atoms with Gasteiger partial charge in [0.25, 0.3) is 0 Å². The van der Waals surface area contributed by atoms with Crippen LogP contribution >= 0.6 is 0 Å². The van der Waals surface area contributed by atoms with Crippen LogP contribution < -0.4 is 0 Å². The second-order valence-corrected chi connectivity index (χ2v) is 17.6. The molecule has 0 aliphatic carbocycles. The van der Waals surface area contributed by atoms with Crippen LogP contribution in [0.1, 0.15) is 106 Å². The van der Waals surface area contributed by atoms with Crippen LogP contribution in [0.25, 0.3) is 10.4 Å². The Balaban J connectivity index is 1.87. The molecule has 0 bridgehead atoms. The van der Waals surface area contributed by atoms with Crippen molar-refractivity contribution < 1.29 is 13.9 Å². The lowest BCUT2D eigenvalue weighted by Gasteiger charge is -2.48. The quantitative estimate of drug-likeness (QED) is 0.0699. The van der Waals surface area contributed by atoms with Gasteiger partial charge in [-0.2, -0.15) is 0 Å². The largest absolute Gasteiger partial charge is 0.411 e. The highest BCUT2D eigenvalue weighted by Gasteiger charge is 2.44. The highest BCUT2D eigenvalue weighted by Crippen LogP contribution is 2.43. The van der Waals surface area contributed by atoms with Gasteiger partial charge < -0.3 is 13.9 Å². The smallest absolute Gasteiger partial charge is 0.192 e. The van der Waals surface area contributed by atoms with Gasteiger partial charge in [0.15, 0.2) is 14.1 Å². The van der Waals surface area contributed by atoms with E-state index in [1.54, 1.807) is 0 Å². The standard InChI is InChI=1S/C28H53N3O3Si/c1-21(20-23(3)24(4)34-35(8,9)27(5,6)7)14-15-25-12-10-17-28(32-25)18-16-22(2)26(33-28)13-11-19-30-31-29/h20-22,24-26H,10-19H2,1-9H3/b23-20+/t21-,22?,24-,25?,26?,28?/m0/s1. The van der Waals surface area contributed by atoms with Crippen molar-refractivity contribution in [2.24, 2.45) is 17.0 Å². The van der Waals surface area contributed by atoms with Gasteiger partial charge in [0.1, 0.15) is 0 Å². The van der Waals surface area contributed by atoms with Crippen LogP contribution in [0.2, 0.25) is 18.1 Å². The van der Waals surface area contributed by atoms with Crippen molar-refractivity contribution in [2.75, 3.05) is 6.54 Å². The van der Waals surface area contributed by atoms with E-state index in [9.17, 15) is 0 Å². The summed E-state index contributed by atoms with van der Waals surface area (Å²) in [5.41, 5.74) is 9.86. The fourth-order valence-corrected chi connectivity index (χ4v) is 6.58. The summed E-state index contributed by atoms with van der Waals surface area (Å²) in [6.07, 6.45) is 12.5. The molecule has 2 fully saturated rings. The molecule has 0 aromatic carbocycles. The zero-order chi connectivity index (χ0) is 26.3. The molecule has 2 rings (SSSR count). The SMILES string of the molecule is C/C(=C\[C@@H](C)CCC1CCCC2(CCC(C)C(CCCN=[N+]=[N-])O2)O1)[C@H](C)O[Si](C)(C)C(C)(C)C. The molecule has 0 saturated carbocycles. The predicted molar refractivity (Wildman–Crippen MR) is 148 cm³/mol. The van der Waals surface area contributed by atoms with E-state index in [0.29, 0.717) is 18.4 Å². The van der Waals surface area contributed by atoms with E-state index in [0.717, 1.165) is 51.4 Å². The lowest BCUT2D eigenvalue weighted by atomic mass is 9.85. The molecule has 0 aromatic heterocycles. The van der Waals surface area contributed by atoms with Crippen LogP contribution in [0.4, 0.5) is 0 Å². The molecule has 0 N–H and O–H groups in total. The average molecular weight is 508 g/mol. The molecule has 0 aromatic rings. The van der Waals surface area contributed by atoms with E-state index < -0.39 is 14.1 Å². The number of rotatable bonds is 11. The first-order valence-corrected chi connectivity index (χ1v) is 16.9. The van der Waals surface area contributed by atoms with E-state index in [2.05, 4.69) is 77.7 Å². The zero-order valence-electron chi connectivity index (χ0n) is 24.1. The maximum atomic E-state index is 8.52. The number of nitrogens with zero attached hydrogens (tertiary/aromatic N) is 3. The summed E-state index contributed by atoms with van der Waals surface area (Å²) < 4.78 is 19.9. The normalized spacial score (nSPS) is 30.1. The Morgan fingerprint density at radius 3 is 2.57 bits per heavy atom. The molecule has 1 spiro atoms. The van der Waals surface area contributed by atoms with Crippen LogP contribution in [-0.4, -0.2) is 39.0 Å². The molecule has 35 heavy (non-hydrogen) atoms. The maximum absolute atomic E-state index is 8.52. The summed E-state index contributed by atoms with van der Waals surface area (Å²) >= 11 is 0. The molecule has 2 aliphatic rings. The molecular weight excluding hydrogens is 454 g/mol. The summed E-state index contributed by atoms with van der Waals surface area (Å²) in [5, 5.41) is 3.91.